The van der Waals surface area contributed by atoms with Gasteiger partial charge in [0, 0.05) is 31.7 Å². The highest BCUT2D eigenvalue weighted by atomic mass is 16.5. The number of aromatic amines is 1. The Morgan fingerprint density at radius 3 is 2.88 bits per heavy atom. The molecule has 0 saturated carbocycles. The normalized spacial score (nSPS) is 19.6. The molecule has 3 aromatic heterocycles. The highest BCUT2D eigenvalue weighted by Crippen LogP contribution is 2.27. The van der Waals surface area contributed by atoms with Gasteiger partial charge in [0.25, 0.3) is 0 Å². The van der Waals surface area contributed by atoms with Crippen LogP contribution in [0.25, 0.3) is 11.5 Å². The lowest BCUT2D eigenvalue weighted by Gasteiger charge is -2.37. The number of aryl methyl sites for hydroxylation is 2. The summed E-state index contributed by atoms with van der Waals surface area (Å²) < 4.78 is 11.1. The molecule has 1 unspecified atom stereocenters. The fourth-order valence-electron chi connectivity index (χ4n) is 3.24. The van der Waals surface area contributed by atoms with Crippen molar-refractivity contribution in [2.45, 2.75) is 26.4 Å². The van der Waals surface area contributed by atoms with Crippen LogP contribution in [0, 0.1) is 13.8 Å². The Balaban J connectivity index is 1.51. The first-order chi connectivity index (χ1) is 12.1. The van der Waals surface area contributed by atoms with E-state index in [0.29, 0.717) is 11.7 Å². The van der Waals surface area contributed by atoms with E-state index in [0.717, 1.165) is 49.0 Å². The van der Waals surface area contributed by atoms with Crippen molar-refractivity contribution in [1.29, 1.82) is 0 Å². The maximum atomic E-state index is 5.74. The summed E-state index contributed by atoms with van der Waals surface area (Å²) in [5.74, 6) is 3.06. The average Bonchev–Trinajstić information content (AvgIpc) is 3.31. The number of hydrogen-bond donors (Lipinski definition) is 1. The van der Waals surface area contributed by atoms with Crippen LogP contribution in [0.4, 0.5) is 0 Å². The van der Waals surface area contributed by atoms with Gasteiger partial charge in [0.1, 0.15) is 17.5 Å². The molecule has 1 aliphatic rings. The van der Waals surface area contributed by atoms with Crippen LogP contribution in [-0.4, -0.2) is 56.8 Å². The van der Waals surface area contributed by atoms with E-state index in [-0.39, 0.29) is 6.04 Å². The van der Waals surface area contributed by atoms with Crippen molar-refractivity contribution >= 4 is 0 Å². The molecule has 4 heterocycles. The highest BCUT2D eigenvalue weighted by Gasteiger charge is 2.30. The minimum Gasteiger partial charge on any atom is -0.460 e. The summed E-state index contributed by atoms with van der Waals surface area (Å²) in [4.78, 5) is 9.05. The van der Waals surface area contributed by atoms with Crippen LogP contribution in [0.2, 0.25) is 0 Å². The molecule has 0 amide bonds. The maximum absolute atomic E-state index is 5.74. The molecule has 1 atom stereocenters. The number of nitrogens with zero attached hydrogens (tertiary/aromatic N) is 5. The number of furan rings is 1. The first-order valence-electron chi connectivity index (χ1n) is 8.42. The Bertz CT molecular complexity index is 851. The zero-order valence-corrected chi connectivity index (χ0v) is 14.7. The number of H-pyrrole nitrogens is 1. The van der Waals surface area contributed by atoms with Gasteiger partial charge in [-0.05, 0) is 33.0 Å². The summed E-state index contributed by atoms with van der Waals surface area (Å²) in [7, 11) is 2.09. The summed E-state index contributed by atoms with van der Waals surface area (Å²) in [6.07, 6.45) is 1.87. The second-order valence-corrected chi connectivity index (χ2v) is 6.59. The number of nitrogens with one attached hydrogen (secondary N) is 1. The molecule has 1 aliphatic heterocycles. The number of rotatable bonds is 4. The van der Waals surface area contributed by atoms with Crippen molar-refractivity contribution in [3.63, 3.8) is 0 Å². The summed E-state index contributed by atoms with van der Waals surface area (Å²) in [5, 5.41) is 11.2. The third-order valence-electron chi connectivity index (χ3n) is 4.66. The van der Waals surface area contributed by atoms with Gasteiger partial charge >= 0.3 is 0 Å². The molecule has 0 spiro atoms. The Kier molecular flexibility index (Phi) is 4.14. The predicted molar refractivity (Wildman–Crippen MR) is 90.7 cm³/mol. The van der Waals surface area contributed by atoms with Crippen LogP contribution in [0.1, 0.15) is 29.1 Å². The van der Waals surface area contributed by atoms with Crippen LogP contribution in [0.3, 0.4) is 0 Å². The van der Waals surface area contributed by atoms with Crippen molar-refractivity contribution < 1.29 is 8.94 Å². The van der Waals surface area contributed by atoms with Crippen LogP contribution < -0.4 is 0 Å². The molecule has 0 bridgehead atoms. The first-order valence-corrected chi connectivity index (χ1v) is 8.42. The summed E-state index contributed by atoms with van der Waals surface area (Å²) in [5.41, 5.74) is 2.07. The van der Waals surface area contributed by atoms with Gasteiger partial charge in [-0.15, -0.1) is 0 Å². The fraction of sp³-hybridized carbons (Fsp3) is 0.471. The molecular weight excluding hydrogens is 320 g/mol. The van der Waals surface area contributed by atoms with Gasteiger partial charge in [0.2, 0.25) is 5.89 Å². The zero-order chi connectivity index (χ0) is 17.4. The fourth-order valence-corrected chi connectivity index (χ4v) is 3.24. The maximum Gasteiger partial charge on any atom is 0.245 e. The largest absolute Gasteiger partial charge is 0.460 e. The first kappa shape index (κ1) is 16.0. The molecule has 0 aromatic carbocycles. The Hall–Kier alpha value is -2.45. The smallest absolute Gasteiger partial charge is 0.245 e. The SMILES string of the molecule is Cc1noc(C2CN(Cc3cn[nH]c3-c3ccc(C)o3)CCN2C)n1. The molecule has 1 saturated heterocycles. The molecule has 8 nitrogen and oxygen atoms in total. The second-order valence-electron chi connectivity index (χ2n) is 6.59. The van der Waals surface area contributed by atoms with Gasteiger partial charge in [0.05, 0.1) is 6.20 Å². The van der Waals surface area contributed by atoms with E-state index < -0.39 is 0 Å². The zero-order valence-electron chi connectivity index (χ0n) is 14.7. The summed E-state index contributed by atoms with van der Waals surface area (Å²) in [6, 6.07) is 4.04. The van der Waals surface area contributed by atoms with Crippen molar-refractivity contribution in [3.8, 4) is 11.5 Å². The topological polar surface area (TPSA) is 87.2 Å². The van der Waals surface area contributed by atoms with E-state index in [4.69, 9.17) is 8.94 Å². The van der Waals surface area contributed by atoms with Crippen LogP contribution >= 0.6 is 0 Å². The van der Waals surface area contributed by atoms with Crippen molar-refractivity contribution in [1.82, 2.24) is 30.1 Å². The number of hydrogen-bond acceptors (Lipinski definition) is 7. The minimum absolute atomic E-state index is 0.108. The molecule has 3 aromatic rings. The number of aromatic nitrogens is 4. The summed E-state index contributed by atoms with van der Waals surface area (Å²) in [6.45, 7) is 7.33. The van der Waals surface area contributed by atoms with Gasteiger partial charge in [-0.1, -0.05) is 5.16 Å². The third kappa shape index (κ3) is 3.22. The molecular formula is C17H22N6O2. The Morgan fingerprint density at radius 2 is 2.16 bits per heavy atom. The molecule has 8 heteroatoms. The number of piperazine rings is 1. The molecule has 1 N–H and O–H groups in total. The average molecular weight is 342 g/mol. The van der Waals surface area contributed by atoms with Crippen LogP contribution in [0.15, 0.2) is 27.3 Å². The predicted octanol–water partition coefficient (Wildman–Crippen LogP) is 2.16. The van der Waals surface area contributed by atoms with Gasteiger partial charge in [-0.25, -0.2) is 0 Å². The van der Waals surface area contributed by atoms with E-state index in [2.05, 4.69) is 37.2 Å². The lowest BCUT2D eigenvalue weighted by atomic mass is 10.1. The van der Waals surface area contributed by atoms with Crippen molar-refractivity contribution in [2.24, 2.45) is 0 Å². The van der Waals surface area contributed by atoms with Gasteiger partial charge in [-0.2, -0.15) is 10.1 Å². The van der Waals surface area contributed by atoms with Gasteiger partial charge < -0.3 is 8.94 Å². The van der Waals surface area contributed by atoms with E-state index >= 15 is 0 Å². The lowest BCUT2D eigenvalue weighted by molar-refractivity contribution is 0.0715. The van der Waals surface area contributed by atoms with Crippen molar-refractivity contribution in [2.75, 3.05) is 26.7 Å². The monoisotopic (exact) mass is 342 g/mol. The molecule has 25 heavy (non-hydrogen) atoms. The minimum atomic E-state index is 0.108. The highest BCUT2D eigenvalue weighted by molar-refractivity contribution is 5.56. The van der Waals surface area contributed by atoms with Gasteiger partial charge in [-0.3, -0.25) is 14.9 Å². The quantitative estimate of drug-likeness (QED) is 0.777. The van der Waals surface area contributed by atoms with E-state index in [1.54, 1.807) is 0 Å². The molecule has 0 aliphatic carbocycles. The Labute approximate surface area is 145 Å². The van der Waals surface area contributed by atoms with Gasteiger partial charge in [0.15, 0.2) is 11.6 Å². The number of likely N-dealkylation sites (N-methyl/N-ethyl adjacent to an activating group) is 1. The van der Waals surface area contributed by atoms with E-state index in [9.17, 15) is 0 Å². The molecule has 4 rings (SSSR count). The van der Waals surface area contributed by atoms with E-state index in [1.165, 1.54) is 0 Å². The molecule has 0 radical (unpaired) electrons. The lowest BCUT2D eigenvalue weighted by Crippen LogP contribution is -2.46. The van der Waals surface area contributed by atoms with Crippen molar-refractivity contribution in [3.05, 3.63) is 41.4 Å². The second kappa shape index (κ2) is 6.45. The standard InChI is InChI=1S/C17H22N6O2/c1-11-4-5-15(24-11)16-13(8-18-20-16)9-23-7-6-22(3)14(10-23)17-19-12(2)21-25-17/h4-5,8,14H,6-7,9-10H2,1-3H3,(H,18,20). The molecule has 132 valence electrons. The third-order valence-corrected chi connectivity index (χ3v) is 4.66. The van der Waals surface area contributed by atoms with Crippen LogP contribution in [0.5, 0.6) is 0 Å². The Morgan fingerprint density at radius 1 is 1.28 bits per heavy atom. The summed E-state index contributed by atoms with van der Waals surface area (Å²) >= 11 is 0. The van der Waals surface area contributed by atoms with E-state index in [1.807, 2.05) is 32.2 Å². The molecule has 1 fully saturated rings. The van der Waals surface area contributed by atoms with Crippen LogP contribution in [-0.2, 0) is 6.54 Å².